The maximum absolute atomic E-state index is 5.53. The molecule has 158 valence electrons. The number of benzene rings is 4. The lowest BCUT2D eigenvalue weighted by molar-refractivity contribution is 0.866. The fourth-order valence-corrected chi connectivity index (χ4v) is 4.28. The molecule has 4 rings (SSSR count). The van der Waals surface area contributed by atoms with Gasteiger partial charge in [0.15, 0.2) is 0 Å². The molecule has 0 saturated heterocycles. The van der Waals surface area contributed by atoms with Gasteiger partial charge in [0.1, 0.15) is 0 Å². The number of nitrogens with one attached hydrogen (secondary N) is 1. The smallest absolute Gasteiger partial charge is 0.0537 e. The van der Waals surface area contributed by atoms with Crippen LogP contribution >= 0.6 is 0 Å². The van der Waals surface area contributed by atoms with E-state index in [0.717, 1.165) is 40.0 Å². The lowest BCUT2D eigenvalue weighted by Crippen LogP contribution is -2.21. The molecule has 0 aliphatic carbocycles. The van der Waals surface area contributed by atoms with Crippen molar-refractivity contribution < 1.29 is 0 Å². The highest BCUT2D eigenvalue weighted by atomic mass is 15.1. The molecule has 0 amide bonds. The van der Waals surface area contributed by atoms with E-state index in [4.69, 9.17) is 6.42 Å². The van der Waals surface area contributed by atoms with Crippen molar-refractivity contribution in [1.29, 1.82) is 0 Å². The Hall–Kier alpha value is -3.96. The van der Waals surface area contributed by atoms with Gasteiger partial charge >= 0.3 is 0 Å². The van der Waals surface area contributed by atoms with Crippen LogP contribution in [0, 0.1) is 12.5 Å². The minimum atomic E-state index is 0.941. The molecule has 0 aliphatic rings. The number of rotatable bonds is 6. The van der Waals surface area contributed by atoms with Crippen LogP contribution in [0.5, 0.6) is 0 Å². The van der Waals surface area contributed by atoms with Gasteiger partial charge in [-0.1, -0.05) is 79.7 Å². The first-order chi connectivity index (χ1) is 15.7. The fourth-order valence-electron chi connectivity index (χ4n) is 4.28. The maximum Gasteiger partial charge on any atom is 0.0537 e. The summed E-state index contributed by atoms with van der Waals surface area (Å²) in [5.41, 5.74) is 5.73. The molecule has 0 atom stereocenters. The third-order valence-corrected chi connectivity index (χ3v) is 5.93. The molecule has 0 bridgehead atoms. The molecule has 4 aromatic carbocycles. The van der Waals surface area contributed by atoms with Crippen LogP contribution in [-0.2, 0) is 0 Å². The summed E-state index contributed by atoms with van der Waals surface area (Å²) in [5, 5.41) is 7.47. The van der Waals surface area contributed by atoms with Gasteiger partial charge in [-0.05, 0) is 64.6 Å². The van der Waals surface area contributed by atoms with E-state index in [1.165, 1.54) is 22.4 Å². The van der Waals surface area contributed by atoms with Gasteiger partial charge in [0.25, 0.3) is 0 Å². The molecule has 1 N–H and O–H groups in total. The minimum absolute atomic E-state index is 0.941. The molecule has 0 spiro atoms. The number of terminal acetylenes is 1. The molecular formula is C30H28N2. The summed E-state index contributed by atoms with van der Waals surface area (Å²) in [6, 6.07) is 32.5. The highest BCUT2D eigenvalue weighted by Crippen LogP contribution is 2.33. The molecule has 0 aromatic heterocycles. The number of anilines is 2. The Bertz CT molecular complexity index is 1360. The van der Waals surface area contributed by atoms with Gasteiger partial charge in [0, 0.05) is 30.2 Å². The van der Waals surface area contributed by atoms with E-state index in [0.29, 0.717) is 0 Å². The van der Waals surface area contributed by atoms with Crippen LogP contribution in [0.1, 0.15) is 25.0 Å². The fraction of sp³-hybridized carbons (Fsp3) is 0.133. The molecule has 2 nitrogen and oxygen atoms in total. The highest BCUT2D eigenvalue weighted by Gasteiger charge is 2.13. The zero-order valence-corrected chi connectivity index (χ0v) is 18.7. The molecular weight excluding hydrogens is 388 g/mol. The topological polar surface area (TPSA) is 15.3 Å². The SMILES string of the molecule is C#CNc1ccc(C(c2ccc(N(CC)CC)cc2)=c2ccc(=C)cc2)c2ccccc12. The van der Waals surface area contributed by atoms with Crippen LogP contribution in [0.4, 0.5) is 11.4 Å². The average molecular weight is 417 g/mol. The molecule has 0 saturated carbocycles. The second-order valence-corrected chi connectivity index (χ2v) is 7.77. The van der Waals surface area contributed by atoms with Gasteiger partial charge < -0.3 is 10.2 Å². The average Bonchev–Trinajstić information content (AvgIpc) is 2.83. The second kappa shape index (κ2) is 9.45. The number of nitrogens with zero attached hydrogens (tertiary/aromatic N) is 1. The number of fused-ring (bicyclic) bond motifs is 1. The van der Waals surface area contributed by atoms with Crippen molar-refractivity contribution in [3.63, 3.8) is 0 Å². The highest BCUT2D eigenvalue weighted by molar-refractivity contribution is 6.03. The summed E-state index contributed by atoms with van der Waals surface area (Å²) >= 11 is 0. The van der Waals surface area contributed by atoms with E-state index in [1.807, 2.05) is 6.07 Å². The maximum atomic E-state index is 5.53. The van der Waals surface area contributed by atoms with Crippen LogP contribution in [-0.4, -0.2) is 13.1 Å². The monoisotopic (exact) mass is 416 g/mol. The Morgan fingerprint density at radius 3 is 2.12 bits per heavy atom. The minimum Gasteiger partial charge on any atom is -0.372 e. The predicted molar refractivity (Wildman–Crippen MR) is 139 cm³/mol. The van der Waals surface area contributed by atoms with E-state index in [2.05, 4.69) is 116 Å². The van der Waals surface area contributed by atoms with Crippen molar-refractivity contribution >= 4 is 34.3 Å². The summed E-state index contributed by atoms with van der Waals surface area (Å²) in [4.78, 5) is 2.36. The first kappa shape index (κ1) is 21.3. The number of hydrogen-bond donors (Lipinski definition) is 1. The second-order valence-electron chi connectivity index (χ2n) is 7.77. The first-order valence-electron chi connectivity index (χ1n) is 11.0. The summed E-state index contributed by atoms with van der Waals surface area (Å²) < 4.78 is 0. The van der Waals surface area contributed by atoms with Gasteiger partial charge in [-0.15, -0.1) is 0 Å². The zero-order valence-electron chi connectivity index (χ0n) is 18.7. The van der Waals surface area contributed by atoms with Gasteiger partial charge in [0.05, 0.1) is 5.69 Å². The van der Waals surface area contributed by atoms with Crippen molar-refractivity contribution in [2.75, 3.05) is 23.3 Å². The van der Waals surface area contributed by atoms with Crippen LogP contribution in [0.3, 0.4) is 0 Å². The van der Waals surface area contributed by atoms with Gasteiger partial charge in [-0.3, -0.25) is 0 Å². The van der Waals surface area contributed by atoms with E-state index >= 15 is 0 Å². The Kier molecular flexibility index (Phi) is 6.29. The van der Waals surface area contributed by atoms with E-state index in [-0.39, 0.29) is 0 Å². The molecule has 0 aliphatic heterocycles. The van der Waals surface area contributed by atoms with E-state index in [9.17, 15) is 0 Å². The summed E-state index contributed by atoms with van der Waals surface area (Å²) in [5.74, 6) is 0. The van der Waals surface area contributed by atoms with E-state index < -0.39 is 0 Å². The summed E-state index contributed by atoms with van der Waals surface area (Å²) in [7, 11) is 0. The molecule has 0 unspecified atom stereocenters. The van der Waals surface area contributed by atoms with Crippen LogP contribution < -0.4 is 20.7 Å². The molecule has 0 heterocycles. The van der Waals surface area contributed by atoms with Crippen molar-refractivity contribution in [3.05, 3.63) is 106 Å². The Labute approximate surface area is 190 Å². The van der Waals surface area contributed by atoms with Crippen molar-refractivity contribution in [3.8, 4) is 12.5 Å². The van der Waals surface area contributed by atoms with Gasteiger partial charge in [-0.2, -0.15) is 0 Å². The summed E-state index contributed by atoms with van der Waals surface area (Å²) in [6.07, 6.45) is 5.53. The predicted octanol–water partition coefficient (Wildman–Crippen LogP) is 5.35. The standard InChI is InChI=1S/C30H28N2/c1-5-31-29-21-20-28(26-10-8-9-11-27(26)29)30(23-14-12-22(4)13-15-23)24-16-18-25(19-17-24)32(6-2)7-3/h1,8-21,31H,4,6-7H2,2-3H3. The first-order valence-corrected chi connectivity index (χ1v) is 11.0. The van der Waals surface area contributed by atoms with Crippen LogP contribution in [0.25, 0.3) is 22.9 Å². The molecule has 2 heteroatoms. The molecule has 0 radical (unpaired) electrons. The number of hydrogen-bond acceptors (Lipinski definition) is 2. The Morgan fingerprint density at radius 2 is 1.50 bits per heavy atom. The molecule has 0 fully saturated rings. The van der Waals surface area contributed by atoms with Crippen molar-refractivity contribution in [2.24, 2.45) is 0 Å². The quantitative estimate of drug-likeness (QED) is 0.337. The zero-order chi connectivity index (χ0) is 22.5. The third-order valence-electron chi connectivity index (χ3n) is 5.93. The Balaban J connectivity index is 1.99. The van der Waals surface area contributed by atoms with Gasteiger partial charge in [0.2, 0.25) is 0 Å². The van der Waals surface area contributed by atoms with E-state index in [1.54, 1.807) is 0 Å². The third kappa shape index (κ3) is 4.11. The lowest BCUT2D eigenvalue weighted by atomic mass is 9.90. The Morgan fingerprint density at radius 1 is 0.844 bits per heavy atom. The van der Waals surface area contributed by atoms with Crippen LogP contribution in [0.2, 0.25) is 0 Å². The van der Waals surface area contributed by atoms with Crippen molar-refractivity contribution in [1.82, 2.24) is 0 Å². The normalized spacial score (nSPS) is 10.5. The molecule has 32 heavy (non-hydrogen) atoms. The van der Waals surface area contributed by atoms with Crippen molar-refractivity contribution in [2.45, 2.75) is 13.8 Å². The van der Waals surface area contributed by atoms with Gasteiger partial charge in [-0.25, -0.2) is 0 Å². The molecule has 4 aromatic rings. The van der Waals surface area contributed by atoms with Crippen LogP contribution in [0.15, 0.2) is 84.9 Å². The largest absolute Gasteiger partial charge is 0.372 e. The summed E-state index contributed by atoms with van der Waals surface area (Å²) in [6.45, 7) is 10.4. The lowest BCUT2D eigenvalue weighted by Gasteiger charge is -2.21.